The molecule has 0 fully saturated rings. The maximum absolute atomic E-state index is 13.2. The van der Waals surface area contributed by atoms with E-state index in [1.165, 1.54) is 17.7 Å². The zero-order valence-corrected chi connectivity index (χ0v) is 17.7. The quantitative estimate of drug-likeness (QED) is 0.679. The molecule has 0 bridgehead atoms. The number of nitrogens with one attached hydrogen (secondary N) is 1. The molecule has 0 aliphatic heterocycles. The van der Waals surface area contributed by atoms with Crippen molar-refractivity contribution in [1.82, 2.24) is 10.2 Å². The first-order valence-corrected chi connectivity index (χ1v) is 10.2. The highest BCUT2D eigenvalue weighted by atomic mass is 19.1. The number of rotatable bonds is 9. The van der Waals surface area contributed by atoms with Crippen molar-refractivity contribution in [2.75, 3.05) is 7.05 Å². The number of amides is 2. The lowest BCUT2D eigenvalue weighted by Crippen LogP contribution is -2.48. The second-order valence-electron chi connectivity index (χ2n) is 7.58. The van der Waals surface area contributed by atoms with Crippen LogP contribution in [0.1, 0.15) is 56.2 Å². The SMILES string of the molecule is CC[C@H](C(=O)NC)N(Cc1ccc(F)cc1)C(=O)CCc1ccc(C(C)C)cc1. The summed E-state index contributed by atoms with van der Waals surface area (Å²) in [6.07, 6.45) is 1.44. The molecule has 0 aliphatic rings. The third-order valence-electron chi connectivity index (χ3n) is 5.17. The van der Waals surface area contributed by atoms with Gasteiger partial charge in [-0.3, -0.25) is 9.59 Å². The predicted molar refractivity (Wildman–Crippen MR) is 114 cm³/mol. The fourth-order valence-corrected chi connectivity index (χ4v) is 3.34. The second kappa shape index (κ2) is 10.7. The Labute approximate surface area is 173 Å². The molecule has 0 aromatic heterocycles. The van der Waals surface area contributed by atoms with Crippen molar-refractivity contribution in [2.45, 2.75) is 58.5 Å². The lowest BCUT2D eigenvalue weighted by molar-refractivity contribution is -0.141. The molecule has 29 heavy (non-hydrogen) atoms. The van der Waals surface area contributed by atoms with Gasteiger partial charge in [-0.15, -0.1) is 0 Å². The number of benzene rings is 2. The van der Waals surface area contributed by atoms with Gasteiger partial charge in [-0.05, 0) is 47.6 Å². The number of halogens is 1. The molecule has 0 saturated heterocycles. The van der Waals surface area contributed by atoms with Crippen LogP contribution in [0.25, 0.3) is 0 Å². The van der Waals surface area contributed by atoms with Gasteiger partial charge in [0.2, 0.25) is 11.8 Å². The van der Waals surface area contributed by atoms with E-state index < -0.39 is 6.04 Å². The van der Waals surface area contributed by atoms with Crippen LogP contribution < -0.4 is 5.32 Å². The van der Waals surface area contributed by atoms with Crippen LogP contribution in [0, 0.1) is 5.82 Å². The third kappa shape index (κ3) is 6.41. The van der Waals surface area contributed by atoms with Crippen molar-refractivity contribution in [1.29, 1.82) is 0 Å². The van der Waals surface area contributed by atoms with Gasteiger partial charge < -0.3 is 10.2 Å². The lowest BCUT2D eigenvalue weighted by Gasteiger charge is -2.30. The molecule has 2 amide bonds. The van der Waals surface area contributed by atoms with E-state index in [0.29, 0.717) is 25.2 Å². The topological polar surface area (TPSA) is 49.4 Å². The van der Waals surface area contributed by atoms with Gasteiger partial charge in [0.25, 0.3) is 0 Å². The first-order chi connectivity index (χ1) is 13.8. The summed E-state index contributed by atoms with van der Waals surface area (Å²) in [7, 11) is 1.57. The van der Waals surface area contributed by atoms with Crippen LogP contribution in [0.3, 0.4) is 0 Å². The second-order valence-corrected chi connectivity index (χ2v) is 7.58. The number of likely N-dealkylation sites (N-methyl/N-ethyl adjacent to an activating group) is 1. The number of carbonyl (C=O) groups excluding carboxylic acids is 2. The van der Waals surface area contributed by atoms with Crippen LogP contribution in [-0.4, -0.2) is 29.8 Å². The normalized spacial score (nSPS) is 11.9. The largest absolute Gasteiger partial charge is 0.357 e. The number of nitrogens with zero attached hydrogens (tertiary/aromatic N) is 1. The summed E-state index contributed by atoms with van der Waals surface area (Å²) in [4.78, 5) is 27.0. The summed E-state index contributed by atoms with van der Waals surface area (Å²) in [5.74, 6) is -0.133. The summed E-state index contributed by atoms with van der Waals surface area (Å²) in [5.41, 5.74) is 3.16. The Hall–Kier alpha value is -2.69. The van der Waals surface area contributed by atoms with Crippen LogP contribution in [-0.2, 0) is 22.6 Å². The van der Waals surface area contributed by atoms with Crippen molar-refractivity contribution in [3.63, 3.8) is 0 Å². The van der Waals surface area contributed by atoms with Gasteiger partial charge in [0, 0.05) is 20.0 Å². The molecule has 4 nitrogen and oxygen atoms in total. The highest BCUT2D eigenvalue weighted by Gasteiger charge is 2.27. The molecular weight excluding hydrogens is 367 g/mol. The Balaban J connectivity index is 2.14. The summed E-state index contributed by atoms with van der Waals surface area (Å²) in [5, 5.41) is 2.64. The van der Waals surface area contributed by atoms with E-state index in [2.05, 4.69) is 43.4 Å². The van der Waals surface area contributed by atoms with Crippen LogP contribution in [0.4, 0.5) is 4.39 Å². The summed E-state index contributed by atoms with van der Waals surface area (Å²) in [6, 6.07) is 13.8. The van der Waals surface area contributed by atoms with Crippen LogP contribution in [0.2, 0.25) is 0 Å². The fourth-order valence-electron chi connectivity index (χ4n) is 3.34. The molecule has 2 rings (SSSR count). The molecule has 0 unspecified atom stereocenters. The number of carbonyl (C=O) groups is 2. The Morgan fingerprint density at radius 1 is 1.00 bits per heavy atom. The van der Waals surface area contributed by atoms with Crippen LogP contribution >= 0.6 is 0 Å². The Morgan fingerprint density at radius 2 is 1.59 bits per heavy atom. The zero-order valence-electron chi connectivity index (χ0n) is 17.7. The molecule has 0 aliphatic carbocycles. The predicted octanol–water partition coefficient (Wildman–Crippen LogP) is 4.44. The van der Waals surface area contributed by atoms with E-state index in [1.54, 1.807) is 24.1 Å². The average molecular weight is 399 g/mol. The van der Waals surface area contributed by atoms with E-state index in [1.807, 2.05) is 6.92 Å². The molecule has 5 heteroatoms. The van der Waals surface area contributed by atoms with Gasteiger partial charge >= 0.3 is 0 Å². The van der Waals surface area contributed by atoms with Crippen molar-refractivity contribution >= 4 is 11.8 Å². The van der Waals surface area contributed by atoms with Gasteiger partial charge in [0.1, 0.15) is 11.9 Å². The average Bonchev–Trinajstić information content (AvgIpc) is 2.73. The van der Waals surface area contributed by atoms with E-state index in [-0.39, 0.29) is 24.2 Å². The molecular formula is C24H31FN2O2. The minimum absolute atomic E-state index is 0.0855. The van der Waals surface area contributed by atoms with Crippen molar-refractivity contribution in [2.24, 2.45) is 0 Å². The molecule has 1 N–H and O–H groups in total. The van der Waals surface area contributed by atoms with Gasteiger partial charge in [0.15, 0.2) is 0 Å². The number of hydrogen-bond acceptors (Lipinski definition) is 2. The van der Waals surface area contributed by atoms with Gasteiger partial charge in [-0.2, -0.15) is 0 Å². The van der Waals surface area contributed by atoms with E-state index in [0.717, 1.165) is 11.1 Å². The Kier molecular flexibility index (Phi) is 8.37. The summed E-state index contributed by atoms with van der Waals surface area (Å²) >= 11 is 0. The third-order valence-corrected chi connectivity index (χ3v) is 5.17. The molecule has 2 aromatic rings. The molecule has 156 valence electrons. The maximum Gasteiger partial charge on any atom is 0.242 e. The molecule has 0 heterocycles. The first kappa shape index (κ1) is 22.6. The minimum Gasteiger partial charge on any atom is -0.357 e. The van der Waals surface area contributed by atoms with Crippen molar-refractivity contribution < 1.29 is 14.0 Å². The lowest BCUT2D eigenvalue weighted by atomic mass is 10.00. The minimum atomic E-state index is -0.555. The zero-order chi connectivity index (χ0) is 21.4. The van der Waals surface area contributed by atoms with Gasteiger partial charge in [-0.25, -0.2) is 4.39 Å². The molecule has 0 spiro atoms. The molecule has 2 aromatic carbocycles. The maximum atomic E-state index is 13.2. The number of aryl methyl sites for hydroxylation is 1. The Morgan fingerprint density at radius 3 is 2.10 bits per heavy atom. The molecule has 0 saturated carbocycles. The standard InChI is InChI=1S/C24H31FN2O2/c1-5-22(24(29)26-4)27(16-19-8-13-21(25)14-9-19)23(28)15-10-18-6-11-20(12-7-18)17(2)3/h6-9,11-14,17,22H,5,10,15-16H2,1-4H3,(H,26,29)/t22-/m1/s1. The number of hydrogen-bond donors (Lipinski definition) is 1. The first-order valence-electron chi connectivity index (χ1n) is 10.2. The summed E-state index contributed by atoms with van der Waals surface area (Å²) < 4.78 is 13.2. The van der Waals surface area contributed by atoms with Crippen LogP contribution in [0.5, 0.6) is 0 Å². The van der Waals surface area contributed by atoms with Crippen LogP contribution in [0.15, 0.2) is 48.5 Å². The van der Waals surface area contributed by atoms with E-state index >= 15 is 0 Å². The Bertz CT molecular complexity index is 801. The summed E-state index contributed by atoms with van der Waals surface area (Å²) in [6.45, 7) is 6.46. The smallest absolute Gasteiger partial charge is 0.242 e. The monoisotopic (exact) mass is 398 g/mol. The van der Waals surface area contributed by atoms with E-state index in [4.69, 9.17) is 0 Å². The fraction of sp³-hybridized carbons (Fsp3) is 0.417. The van der Waals surface area contributed by atoms with Crippen molar-refractivity contribution in [3.8, 4) is 0 Å². The highest BCUT2D eigenvalue weighted by molar-refractivity contribution is 5.87. The van der Waals surface area contributed by atoms with Gasteiger partial charge in [-0.1, -0.05) is 57.2 Å². The van der Waals surface area contributed by atoms with Gasteiger partial charge in [0.05, 0.1) is 0 Å². The highest BCUT2D eigenvalue weighted by Crippen LogP contribution is 2.18. The molecule has 1 atom stereocenters. The van der Waals surface area contributed by atoms with Crippen molar-refractivity contribution in [3.05, 3.63) is 71.0 Å². The van der Waals surface area contributed by atoms with E-state index in [9.17, 15) is 14.0 Å². The molecule has 0 radical (unpaired) electrons.